The van der Waals surface area contributed by atoms with Gasteiger partial charge in [0, 0.05) is 18.0 Å². The van der Waals surface area contributed by atoms with Gasteiger partial charge in [0.25, 0.3) is 0 Å². The van der Waals surface area contributed by atoms with Crippen molar-refractivity contribution in [1.82, 2.24) is 4.57 Å². The Hall–Kier alpha value is -1.46. The van der Waals surface area contributed by atoms with Crippen LogP contribution in [0.15, 0.2) is 24.3 Å². The number of aryl methyl sites for hydroxylation is 1. The fourth-order valence-electron chi connectivity index (χ4n) is 2.75. The van der Waals surface area contributed by atoms with Gasteiger partial charge < -0.3 is 18.6 Å². The van der Waals surface area contributed by atoms with Gasteiger partial charge in [-0.25, -0.2) is 0 Å². The zero-order valence-corrected chi connectivity index (χ0v) is 13.6. The first kappa shape index (κ1) is 14.5. The number of benzene rings is 1. The number of fused-ring (bicyclic) bond motifs is 1. The summed E-state index contributed by atoms with van der Waals surface area (Å²) in [5, 5.41) is 1.13. The van der Waals surface area contributed by atoms with E-state index in [-0.39, 0.29) is 18.3 Å². The summed E-state index contributed by atoms with van der Waals surface area (Å²) < 4.78 is 19.9. The largest absolute Gasteiger partial charge is 0.512 e. The fourth-order valence-corrected chi connectivity index (χ4v) is 2.75. The molecular weight excluding hydrogens is 265 g/mol. The van der Waals surface area contributed by atoms with Crippen LogP contribution >= 0.6 is 0 Å². The third-order valence-electron chi connectivity index (χ3n) is 4.77. The molecule has 0 spiro atoms. The Bertz CT molecular complexity index is 674. The van der Waals surface area contributed by atoms with Gasteiger partial charge in [0.05, 0.1) is 23.8 Å². The van der Waals surface area contributed by atoms with Gasteiger partial charge in [-0.3, -0.25) is 0 Å². The van der Waals surface area contributed by atoms with Crippen LogP contribution in [0.3, 0.4) is 0 Å². The summed E-state index contributed by atoms with van der Waals surface area (Å²) in [6.07, 6.45) is 0. The highest BCUT2D eigenvalue weighted by molar-refractivity contribution is 6.61. The standard InChI is InChI=1S/C16H22BNO3/c1-15(2)16(3,4)21-17(20-15)13-10-11-8-7-9-12(19-6)14(11)18(13)5/h7-10H,1-6H3. The Morgan fingerprint density at radius 1 is 1.10 bits per heavy atom. The molecule has 1 aromatic carbocycles. The normalized spacial score (nSPS) is 20.2. The lowest BCUT2D eigenvalue weighted by Gasteiger charge is -2.32. The van der Waals surface area contributed by atoms with Crippen LogP contribution in [0.1, 0.15) is 27.7 Å². The average molecular weight is 287 g/mol. The van der Waals surface area contributed by atoms with Crippen molar-refractivity contribution in [1.29, 1.82) is 0 Å². The van der Waals surface area contributed by atoms with Crippen LogP contribution in [0.4, 0.5) is 0 Å². The van der Waals surface area contributed by atoms with Crippen LogP contribution in [0.5, 0.6) is 5.75 Å². The van der Waals surface area contributed by atoms with Crippen LogP contribution in [0.2, 0.25) is 0 Å². The summed E-state index contributed by atoms with van der Waals surface area (Å²) in [4.78, 5) is 0. The van der Waals surface area contributed by atoms with Gasteiger partial charge in [-0.15, -0.1) is 0 Å². The molecule has 1 saturated heterocycles. The molecule has 0 saturated carbocycles. The number of para-hydroxylation sites is 1. The molecular formula is C16H22BNO3. The number of methoxy groups -OCH3 is 1. The van der Waals surface area contributed by atoms with E-state index in [0.29, 0.717) is 0 Å². The number of aromatic nitrogens is 1. The summed E-state index contributed by atoms with van der Waals surface area (Å²) in [5.74, 6) is 0.859. The maximum atomic E-state index is 6.15. The number of nitrogens with zero attached hydrogens (tertiary/aromatic N) is 1. The van der Waals surface area contributed by atoms with Crippen molar-refractivity contribution >= 4 is 23.6 Å². The van der Waals surface area contributed by atoms with Gasteiger partial charge in [0.15, 0.2) is 0 Å². The van der Waals surface area contributed by atoms with Crippen LogP contribution < -0.4 is 10.3 Å². The van der Waals surface area contributed by atoms with Crippen molar-refractivity contribution < 1.29 is 14.0 Å². The first-order valence-corrected chi connectivity index (χ1v) is 7.25. The Balaban J connectivity index is 2.09. The number of hydrogen-bond acceptors (Lipinski definition) is 3. The Morgan fingerprint density at radius 2 is 1.71 bits per heavy atom. The predicted molar refractivity (Wildman–Crippen MR) is 85.2 cm³/mol. The van der Waals surface area contributed by atoms with E-state index in [1.807, 2.05) is 19.2 Å². The summed E-state index contributed by atoms with van der Waals surface area (Å²) in [6.45, 7) is 8.26. The lowest BCUT2D eigenvalue weighted by Crippen LogP contribution is -2.41. The molecule has 1 aromatic heterocycles. The molecule has 2 aromatic rings. The average Bonchev–Trinajstić information content (AvgIpc) is 2.84. The van der Waals surface area contributed by atoms with Gasteiger partial charge in [-0.05, 0) is 39.8 Å². The highest BCUT2D eigenvalue weighted by Gasteiger charge is 2.52. The zero-order chi connectivity index (χ0) is 15.4. The topological polar surface area (TPSA) is 32.6 Å². The molecule has 0 aliphatic carbocycles. The van der Waals surface area contributed by atoms with Gasteiger partial charge in [-0.1, -0.05) is 12.1 Å². The Labute approximate surface area is 126 Å². The molecule has 1 aliphatic rings. The molecule has 3 rings (SSSR count). The first-order valence-electron chi connectivity index (χ1n) is 7.25. The van der Waals surface area contributed by atoms with E-state index in [9.17, 15) is 0 Å². The molecule has 0 radical (unpaired) electrons. The summed E-state index contributed by atoms with van der Waals surface area (Å²) >= 11 is 0. The minimum Gasteiger partial charge on any atom is -0.495 e. The summed E-state index contributed by atoms with van der Waals surface area (Å²) in [6, 6.07) is 8.15. The van der Waals surface area contributed by atoms with E-state index in [1.165, 1.54) is 0 Å². The van der Waals surface area contributed by atoms with Gasteiger partial charge in [0.1, 0.15) is 5.75 Å². The van der Waals surface area contributed by atoms with E-state index in [4.69, 9.17) is 14.0 Å². The number of ether oxygens (including phenoxy) is 1. The maximum absolute atomic E-state index is 6.15. The maximum Gasteiger partial charge on any atom is 0.512 e. The molecule has 1 fully saturated rings. The SMILES string of the molecule is COc1cccc2cc(B3OC(C)(C)C(C)(C)O3)n(C)c12. The predicted octanol–water partition coefficient (Wildman–Crippen LogP) is 2.49. The summed E-state index contributed by atoms with van der Waals surface area (Å²) in [5.41, 5.74) is 1.40. The molecule has 112 valence electrons. The smallest absolute Gasteiger partial charge is 0.495 e. The Morgan fingerprint density at radius 3 is 2.29 bits per heavy atom. The highest BCUT2D eigenvalue weighted by Crippen LogP contribution is 2.37. The van der Waals surface area contributed by atoms with E-state index in [1.54, 1.807) is 7.11 Å². The van der Waals surface area contributed by atoms with Crippen LogP contribution in [-0.4, -0.2) is 30.0 Å². The van der Waals surface area contributed by atoms with E-state index >= 15 is 0 Å². The fraction of sp³-hybridized carbons (Fsp3) is 0.500. The lowest BCUT2D eigenvalue weighted by atomic mass is 9.84. The zero-order valence-electron chi connectivity index (χ0n) is 13.6. The van der Waals surface area contributed by atoms with Crippen LogP contribution in [0, 0.1) is 0 Å². The highest BCUT2D eigenvalue weighted by atomic mass is 16.7. The van der Waals surface area contributed by atoms with Crippen molar-refractivity contribution in [3.63, 3.8) is 0 Å². The minimum absolute atomic E-state index is 0.335. The second-order valence-electron chi connectivity index (χ2n) is 6.61. The minimum atomic E-state index is -0.364. The molecule has 0 unspecified atom stereocenters. The molecule has 1 aliphatic heterocycles. The first-order chi connectivity index (χ1) is 9.77. The molecule has 4 nitrogen and oxygen atoms in total. The van der Waals surface area contributed by atoms with Gasteiger partial charge >= 0.3 is 7.12 Å². The lowest BCUT2D eigenvalue weighted by molar-refractivity contribution is 0.00578. The van der Waals surface area contributed by atoms with Gasteiger partial charge in [0.2, 0.25) is 0 Å². The second kappa shape index (κ2) is 4.52. The number of rotatable bonds is 2. The molecule has 2 heterocycles. The van der Waals surface area contributed by atoms with Crippen molar-refractivity contribution in [2.24, 2.45) is 7.05 Å². The van der Waals surface area contributed by atoms with Crippen molar-refractivity contribution in [2.45, 2.75) is 38.9 Å². The van der Waals surface area contributed by atoms with Crippen LogP contribution in [0.25, 0.3) is 10.9 Å². The van der Waals surface area contributed by atoms with Crippen molar-refractivity contribution in [2.75, 3.05) is 7.11 Å². The second-order valence-corrected chi connectivity index (χ2v) is 6.61. The monoisotopic (exact) mass is 287 g/mol. The number of hydrogen-bond donors (Lipinski definition) is 0. The molecule has 0 amide bonds. The van der Waals surface area contributed by atoms with Crippen LogP contribution in [-0.2, 0) is 16.4 Å². The Kier molecular flexibility index (Phi) is 3.12. The van der Waals surface area contributed by atoms with E-state index in [0.717, 1.165) is 22.2 Å². The van der Waals surface area contributed by atoms with Gasteiger partial charge in [-0.2, -0.15) is 0 Å². The van der Waals surface area contributed by atoms with Crippen molar-refractivity contribution in [3.8, 4) is 5.75 Å². The van der Waals surface area contributed by atoms with Crippen molar-refractivity contribution in [3.05, 3.63) is 24.3 Å². The van der Waals surface area contributed by atoms with E-state index in [2.05, 4.69) is 44.4 Å². The molecule has 0 N–H and O–H groups in total. The molecule has 0 atom stereocenters. The quantitative estimate of drug-likeness (QED) is 0.795. The van der Waals surface area contributed by atoms with E-state index < -0.39 is 0 Å². The summed E-state index contributed by atoms with van der Waals surface area (Å²) in [7, 11) is 3.35. The molecule has 21 heavy (non-hydrogen) atoms. The molecule has 5 heteroatoms. The third-order valence-corrected chi connectivity index (χ3v) is 4.77. The molecule has 0 bridgehead atoms. The third kappa shape index (κ3) is 2.07.